The molecule has 0 unspecified atom stereocenters. The first-order chi connectivity index (χ1) is 11.2. The van der Waals surface area contributed by atoms with Crippen molar-refractivity contribution >= 4 is 29.7 Å². The van der Waals surface area contributed by atoms with Gasteiger partial charge < -0.3 is 9.31 Å². The maximum atomic E-state index is 11.2. The van der Waals surface area contributed by atoms with Gasteiger partial charge in [0.15, 0.2) is 0 Å². The standard InChI is InChI=1S/C17H21BN2O3S/c1-11(21)10-14-19-20-15(24-14)12-6-8-13(9-7-12)18-22-16(2,3)17(4,5)23-18/h6-9H,10H2,1-5H3. The average molecular weight is 344 g/mol. The van der Waals surface area contributed by atoms with Crippen LogP contribution in [0.25, 0.3) is 10.6 Å². The van der Waals surface area contributed by atoms with E-state index in [-0.39, 0.29) is 24.1 Å². The van der Waals surface area contributed by atoms with Crippen molar-refractivity contribution in [1.29, 1.82) is 0 Å². The second kappa shape index (κ2) is 6.06. The topological polar surface area (TPSA) is 61.3 Å². The Bertz CT molecular complexity index is 739. The maximum absolute atomic E-state index is 11.2. The van der Waals surface area contributed by atoms with Gasteiger partial charge in [0.05, 0.1) is 17.6 Å². The molecule has 1 saturated heterocycles. The summed E-state index contributed by atoms with van der Waals surface area (Å²) in [5, 5.41) is 9.79. The fraction of sp³-hybridized carbons (Fsp3) is 0.471. The molecule has 0 N–H and O–H groups in total. The Hall–Kier alpha value is -1.57. The number of Topliss-reactive ketones (excluding diaryl/α,β-unsaturated/α-hetero) is 1. The number of carbonyl (C=O) groups is 1. The lowest BCUT2D eigenvalue weighted by atomic mass is 9.79. The Morgan fingerprint density at radius 1 is 1.08 bits per heavy atom. The highest BCUT2D eigenvalue weighted by Gasteiger charge is 2.51. The smallest absolute Gasteiger partial charge is 0.399 e. The predicted molar refractivity (Wildman–Crippen MR) is 95.4 cm³/mol. The van der Waals surface area contributed by atoms with Crippen LogP contribution in [0.5, 0.6) is 0 Å². The van der Waals surface area contributed by atoms with Crippen molar-refractivity contribution in [2.75, 3.05) is 0 Å². The molecule has 126 valence electrons. The SMILES string of the molecule is CC(=O)Cc1nnc(-c2ccc(B3OC(C)(C)C(C)(C)O3)cc2)s1. The minimum atomic E-state index is -0.369. The van der Waals surface area contributed by atoms with E-state index in [9.17, 15) is 4.79 Å². The van der Waals surface area contributed by atoms with E-state index in [0.29, 0.717) is 6.42 Å². The van der Waals surface area contributed by atoms with Crippen LogP contribution in [0.2, 0.25) is 0 Å². The zero-order chi connectivity index (χ0) is 17.5. The first kappa shape index (κ1) is 17.3. The van der Waals surface area contributed by atoms with Crippen molar-refractivity contribution in [2.45, 2.75) is 52.2 Å². The van der Waals surface area contributed by atoms with E-state index in [4.69, 9.17) is 9.31 Å². The van der Waals surface area contributed by atoms with Crippen LogP contribution in [-0.2, 0) is 20.5 Å². The highest BCUT2D eigenvalue weighted by Crippen LogP contribution is 2.36. The second-order valence-electron chi connectivity index (χ2n) is 7.09. The summed E-state index contributed by atoms with van der Waals surface area (Å²) in [6.45, 7) is 9.72. The minimum Gasteiger partial charge on any atom is -0.399 e. The molecule has 1 fully saturated rings. The highest BCUT2D eigenvalue weighted by molar-refractivity contribution is 7.14. The van der Waals surface area contributed by atoms with Gasteiger partial charge in [-0.25, -0.2) is 0 Å². The number of rotatable bonds is 4. The van der Waals surface area contributed by atoms with E-state index in [1.54, 1.807) is 6.92 Å². The lowest BCUT2D eigenvalue weighted by Gasteiger charge is -2.32. The van der Waals surface area contributed by atoms with Crippen LogP contribution in [0, 0.1) is 0 Å². The Morgan fingerprint density at radius 2 is 1.67 bits per heavy atom. The van der Waals surface area contributed by atoms with E-state index in [0.717, 1.165) is 21.0 Å². The summed E-state index contributed by atoms with van der Waals surface area (Å²) in [5.74, 6) is 0.0915. The average Bonchev–Trinajstić information content (AvgIpc) is 3.01. The van der Waals surface area contributed by atoms with Gasteiger partial charge in [-0.15, -0.1) is 10.2 Å². The lowest BCUT2D eigenvalue weighted by molar-refractivity contribution is -0.116. The third kappa shape index (κ3) is 3.29. The third-order valence-electron chi connectivity index (χ3n) is 4.55. The molecule has 2 heterocycles. The molecule has 0 bridgehead atoms. The summed E-state index contributed by atoms with van der Waals surface area (Å²) < 4.78 is 12.1. The van der Waals surface area contributed by atoms with E-state index in [1.165, 1.54) is 11.3 Å². The molecule has 2 aromatic rings. The molecule has 3 rings (SSSR count). The Balaban J connectivity index is 1.77. The largest absolute Gasteiger partial charge is 0.494 e. The molecule has 0 radical (unpaired) electrons. The third-order valence-corrected chi connectivity index (χ3v) is 5.52. The summed E-state index contributed by atoms with van der Waals surface area (Å²) in [6.07, 6.45) is 0.337. The summed E-state index contributed by atoms with van der Waals surface area (Å²) in [4.78, 5) is 11.2. The highest BCUT2D eigenvalue weighted by atomic mass is 32.1. The van der Waals surface area contributed by atoms with Gasteiger partial charge in [0.25, 0.3) is 0 Å². The quantitative estimate of drug-likeness (QED) is 0.798. The van der Waals surface area contributed by atoms with Gasteiger partial charge in [-0.3, -0.25) is 4.79 Å². The first-order valence-corrected chi connectivity index (χ1v) is 8.77. The number of nitrogens with zero attached hydrogens (tertiary/aromatic N) is 2. The molecule has 0 amide bonds. The van der Waals surface area contributed by atoms with E-state index in [2.05, 4.69) is 10.2 Å². The van der Waals surface area contributed by atoms with Crippen LogP contribution >= 0.6 is 11.3 Å². The van der Waals surface area contributed by atoms with Crippen LogP contribution in [-0.4, -0.2) is 34.3 Å². The molecular formula is C17H21BN2O3S. The molecule has 0 saturated carbocycles. The molecule has 24 heavy (non-hydrogen) atoms. The van der Waals surface area contributed by atoms with Crippen LogP contribution in [0.1, 0.15) is 39.6 Å². The summed E-state index contributed by atoms with van der Waals surface area (Å²) in [6, 6.07) is 7.95. The van der Waals surface area contributed by atoms with Gasteiger partial charge in [-0.05, 0) is 40.1 Å². The Labute approximate surface area is 146 Å². The molecular weight excluding hydrogens is 323 g/mol. The van der Waals surface area contributed by atoms with Crippen LogP contribution in [0.4, 0.5) is 0 Å². The number of benzene rings is 1. The molecule has 1 aliphatic heterocycles. The molecule has 1 aromatic heterocycles. The van der Waals surface area contributed by atoms with Gasteiger partial charge in [0.2, 0.25) is 0 Å². The summed E-state index contributed by atoms with van der Waals surface area (Å²) in [7, 11) is -0.369. The van der Waals surface area contributed by atoms with E-state index < -0.39 is 0 Å². The van der Waals surface area contributed by atoms with Gasteiger partial charge in [0.1, 0.15) is 15.8 Å². The Kier molecular flexibility index (Phi) is 4.36. The molecule has 7 heteroatoms. The summed E-state index contributed by atoms with van der Waals surface area (Å²) >= 11 is 1.45. The normalized spacial score (nSPS) is 18.8. The van der Waals surface area contributed by atoms with Gasteiger partial charge in [-0.2, -0.15) is 0 Å². The molecule has 0 atom stereocenters. The minimum absolute atomic E-state index is 0.0915. The van der Waals surface area contributed by atoms with Crippen molar-refractivity contribution in [3.8, 4) is 10.6 Å². The molecule has 0 aliphatic carbocycles. The monoisotopic (exact) mass is 344 g/mol. The van der Waals surface area contributed by atoms with Crippen LogP contribution in [0.3, 0.4) is 0 Å². The predicted octanol–water partition coefficient (Wildman–Crippen LogP) is 2.64. The number of carbonyl (C=O) groups excluding carboxylic acids is 1. The fourth-order valence-corrected chi connectivity index (χ4v) is 3.33. The molecule has 5 nitrogen and oxygen atoms in total. The second-order valence-corrected chi connectivity index (χ2v) is 8.15. The van der Waals surface area contributed by atoms with Crippen molar-refractivity contribution in [1.82, 2.24) is 10.2 Å². The zero-order valence-corrected chi connectivity index (χ0v) is 15.4. The molecule has 1 aliphatic rings. The van der Waals surface area contributed by atoms with Gasteiger partial charge >= 0.3 is 7.12 Å². The maximum Gasteiger partial charge on any atom is 0.494 e. The Morgan fingerprint density at radius 3 is 2.21 bits per heavy atom. The van der Waals surface area contributed by atoms with Crippen LogP contribution < -0.4 is 5.46 Å². The van der Waals surface area contributed by atoms with Crippen LogP contribution in [0.15, 0.2) is 24.3 Å². The molecule has 1 aromatic carbocycles. The lowest BCUT2D eigenvalue weighted by Crippen LogP contribution is -2.41. The zero-order valence-electron chi connectivity index (χ0n) is 14.6. The van der Waals surface area contributed by atoms with Crippen molar-refractivity contribution in [3.63, 3.8) is 0 Å². The fourth-order valence-electron chi connectivity index (χ4n) is 2.42. The van der Waals surface area contributed by atoms with Crippen molar-refractivity contribution < 1.29 is 14.1 Å². The molecule has 0 spiro atoms. The summed E-state index contributed by atoms with van der Waals surface area (Å²) in [5.41, 5.74) is 1.25. The van der Waals surface area contributed by atoms with E-state index in [1.807, 2.05) is 52.0 Å². The number of aromatic nitrogens is 2. The number of ketones is 1. The number of hydrogen-bond acceptors (Lipinski definition) is 6. The van der Waals surface area contributed by atoms with Crippen molar-refractivity contribution in [3.05, 3.63) is 29.3 Å². The number of hydrogen-bond donors (Lipinski definition) is 0. The van der Waals surface area contributed by atoms with Gasteiger partial charge in [0, 0.05) is 5.56 Å². The van der Waals surface area contributed by atoms with E-state index >= 15 is 0 Å². The first-order valence-electron chi connectivity index (χ1n) is 7.96. The van der Waals surface area contributed by atoms with Crippen molar-refractivity contribution in [2.24, 2.45) is 0 Å². The van der Waals surface area contributed by atoms with Gasteiger partial charge in [-0.1, -0.05) is 35.6 Å².